The van der Waals surface area contributed by atoms with Crippen LogP contribution in [0.1, 0.15) is 11.1 Å². The summed E-state index contributed by atoms with van der Waals surface area (Å²) < 4.78 is 15.9. The van der Waals surface area contributed by atoms with Crippen molar-refractivity contribution in [1.82, 2.24) is 19.4 Å². The van der Waals surface area contributed by atoms with Gasteiger partial charge in [-0.25, -0.2) is 14.4 Å². The fraction of sp³-hybridized carbons (Fsp3) is 0.429. The smallest absolute Gasteiger partial charge is 0.165 e. The van der Waals surface area contributed by atoms with E-state index in [1.807, 2.05) is 9.47 Å². The molecule has 6 nitrogen and oxygen atoms in total. The number of aliphatic hydroxyl groups excluding tert-OH is 1. The van der Waals surface area contributed by atoms with Gasteiger partial charge in [0, 0.05) is 38.9 Å². The van der Waals surface area contributed by atoms with Crippen LogP contribution < -0.4 is 4.90 Å². The zero-order valence-electron chi connectivity index (χ0n) is 16.3. The molecular formula is C21H26FN5O. The molecule has 2 aromatic heterocycles. The number of aryl methyl sites for hydroxylation is 2. The standard InChI is InChI=1S/C21H26FN5O/c1-15-10-19-20(11-16(15)2)27(14-24-19)13-17(28)12-25-6-8-26(9-7-25)21-18(22)4-3-5-23-21/h3-5,10-11,14,17,28H,6-9,12-13H2,1-2H3/t17-/m0/s1. The summed E-state index contributed by atoms with van der Waals surface area (Å²) in [5.74, 6) is 0.131. The minimum absolute atomic E-state index is 0.284. The molecule has 0 amide bonds. The lowest BCUT2D eigenvalue weighted by Crippen LogP contribution is -2.49. The van der Waals surface area contributed by atoms with Gasteiger partial charge >= 0.3 is 0 Å². The number of piperazine rings is 1. The number of β-amino-alcohol motifs (C(OH)–C–C–N with tert-alkyl or cyclic N) is 1. The van der Waals surface area contributed by atoms with E-state index in [9.17, 15) is 9.50 Å². The Labute approximate surface area is 164 Å². The van der Waals surface area contributed by atoms with E-state index in [0.29, 0.717) is 32.0 Å². The normalized spacial score (nSPS) is 16.6. The fourth-order valence-electron chi connectivity index (χ4n) is 3.79. The number of pyridine rings is 1. The molecule has 1 N–H and O–H groups in total. The predicted molar refractivity (Wildman–Crippen MR) is 108 cm³/mol. The first kappa shape index (κ1) is 18.8. The lowest BCUT2D eigenvalue weighted by atomic mass is 10.1. The topological polar surface area (TPSA) is 57.4 Å². The van der Waals surface area contributed by atoms with E-state index in [0.717, 1.165) is 24.1 Å². The number of aliphatic hydroxyl groups is 1. The Morgan fingerprint density at radius 2 is 1.82 bits per heavy atom. The molecule has 0 radical (unpaired) electrons. The lowest BCUT2D eigenvalue weighted by molar-refractivity contribution is 0.0957. The van der Waals surface area contributed by atoms with Gasteiger partial charge in [0.15, 0.2) is 11.6 Å². The first-order chi connectivity index (χ1) is 13.5. The molecule has 7 heteroatoms. The van der Waals surface area contributed by atoms with Crippen LogP contribution in [0.15, 0.2) is 36.8 Å². The Morgan fingerprint density at radius 3 is 2.57 bits per heavy atom. The van der Waals surface area contributed by atoms with E-state index in [1.54, 1.807) is 18.6 Å². The van der Waals surface area contributed by atoms with Crippen LogP contribution in [0, 0.1) is 19.7 Å². The van der Waals surface area contributed by atoms with Crippen molar-refractivity contribution in [2.45, 2.75) is 26.5 Å². The molecule has 1 aromatic carbocycles. The molecule has 28 heavy (non-hydrogen) atoms. The molecule has 0 aliphatic carbocycles. The van der Waals surface area contributed by atoms with Gasteiger partial charge in [0.2, 0.25) is 0 Å². The molecule has 0 spiro atoms. The molecule has 3 aromatic rings. The number of hydrogen-bond acceptors (Lipinski definition) is 5. The monoisotopic (exact) mass is 383 g/mol. The fourth-order valence-corrected chi connectivity index (χ4v) is 3.79. The molecule has 3 heterocycles. The molecule has 0 bridgehead atoms. The zero-order chi connectivity index (χ0) is 19.7. The molecule has 148 valence electrons. The van der Waals surface area contributed by atoms with Crippen LogP contribution in [-0.2, 0) is 6.54 Å². The molecule has 0 unspecified atom stereocenters. The summed E-state index contributed by atoms with van der Waals surface area (Å²) in [5, 5.41) is 10.6. The number of anilines is 1. The van der Waals surface area contributed by atoms with Crippen molar-refractivity contribution in [3.63, 3.8) is 0 Å². The highest BCUT2D eigenvalue weighted by Gasteiger charge is 2.22. The average Bonchev–Trinajstić information content (AvgIpc) is 3.05. The van der Waals surface area contributed by atoms with Gasteiger partial charge < -0.3 is 14.6 Å². The van der Waals surface area contributed by atoms with Crippen molar-refractivity contribution in [3.05, 3.63) is 53.7 Å². The van der Waals surface area contributed by atoms with Crippen molar-refractivity contribution >= 4 is 16.9 Å². The van der Waals surface area contributed by atoms with Crippen LogP contribution in [0.25, 0.3) is 11.0 Å². The highest BCUT2D eigenvalue weighted by molar-refractivity contribution is 5.77. The summed E-state index contributed by atoms with van der Waals surface area (Å²) >= 11 is 0. The Kier molecular flexibility index (Phi) is 5.28. The summed E-state index contributed by atoms with van der Waals surface area (Å²) in [6, 6.07) is 7.26. The molecule has 1 saturated heterocycles. The van der Waals surface area contributed by atoms with E-state index in [1.165, 1.54) is 17.2 Å². The van der Waals surface area contributed by atoms with E-state index in [2.05, 4.69) is 40.8 Å². The van der Waals surface area contributed by atoms with Crippen molar-refractivity contribution in [2.24, 2.45) is 0 Å². The first-order valence-corrected chi connectivity index (χ1v) is 9.69. The molecule has 0 saturated carbocycles. The number of hydrogen-bond donors (Lipinski definition) is 1. The largest absolute Gasteiger partial charge is 0.390 e. The molecule has 1 fully saturated rings. The van der Waals surface area contributed by atoms with Crippen LogP contribution >= 0.6 is 0 Å². The molecule has 4 rings (SSSR count). The van der Waals surface area contributed by atoms with Crippen molar-refractivity contribution in [1.29, 1.82) is 0 Å². The van der Waals surface area contributed by atoms with Crippen molar-refractivity contribution in [2.75, 3.05) is 37.6 Å². The Morgan fingerprint density at radius 1 is 1.07 bits per heavy atom. The van der Waals surface area contributed by atoms with Crippen LogP contribution in [0.3, 0.4) is 0 Å². The third kappa shape index (κ3) is 3.86. The average molecular weight is 383 g/mol. The summed E-state index contributed by atoms with van der Waals surface area (Å²) in [7, 11) is 0. The van der Waals surface area contributed by atoms with Gasteiger partial charge in [-0.1, -0.05) is 0 Å². The van der Waals surface area contributed by atoms with E-state index < -0.39 is 6.10 Å². The second kappa shape index (κ2) is 7.85. The second-order valence-electron chi connectivity index (χ2n) is 7.57. The van der Waals surface area contributed by atoms with Crippen LogP contribution in [0.2, 0.25) is 0 Å². The number of imidazole rings is 1. The SMILES string of the molecule is Cc1cc2ncn(C[C@@H](O)CN3CCN(c4ncccc4F)CC3)c2cc1C. The third-order valence-electron chi connectivity index (χ3n) is 5.52. The quantitative estimate of drug-likeness (QED) is 0.733. The van der Waals surface area contributed by atoms with Crippen LogP contribution in [0.4, 0.5) is 10.2 Å². The van der Waals surface area contributed by atoms with Crippen molar-refractivity contribution < 1.29 is 9.50 Å². The van der Waals surface area contributed by atoms with Gasteiger partial charge in [-0.15, -0.1) is 0 Å². The molecular weight excluding hydrogens is 357 g/mol. The molecule has 1 atom stereocenters. The maximum atomic E-state index is 13.9. The van der Waals surface area contributed by atoms with E-state index in [4.69, 9.17) is 0 Å². The zero-order valence-corrected chi connectivity index (χ0v) is 16.3. The Bertz CT molecular complexity index is 965. The van der Waals surface area contributed by atoms with E-state index >= 15 is 0 Å². The highest BCUT2D eigenvalue weighted by atomic mass is 19.1. The number of rotatable bonds is 5. The lowest BCUT2D eigenvalue weighted by Gasteiger charge is -2.36. The van der Waals surface area contributed by atoms with Gasteiger partial charge in [-0.05, 0) is 49.2 Å². The van der Waals surface area contributed by atoms with Gasteiger partial charge in [-0.3, -0.25) is 4.90 Å². The number of aromatic nitrogens is 3. The summed E-state index contributed by atoms with van der Waals surface area (Å²) in [6.07, 6.45) is 2.93. The van der Waals surface area contributed by atoms with Gasteiger partial charge in [-0.2, -0.15) is 0 Å². The van der Waals surface area contributed by atoms with Crippen molar-refractivity contribution in [3.8, 4) is 0 Å². The number of nitrogens with zero attached hydrogens (tertiary/aromatic N) is 5. The Hall–Kier alpha value is -2.51. The maximum Gasteiger partial charge on any atom is 0.165 e. The summed E-state index contributed by atoms with van der Waals surface area (Å²) in [6.45, 7) is 8.22. The minimum atomic E-state index is -0.489. The first-order valence-electron chi connectivity index (χ1n) is 9.69. The number of halogens is 1. The molecule has 1 aliphatic heterocycles. The second-order valence-corrected chi connectivity index (χ2v) is 7.57. The number of fused-ring (bicyclic) bond motifs is 1. The van der Waals surface area contributed by atoms with Crippen LogP contribution in [0.5, 0.6) is 0 Å². The Balaban J connectivity index is 1.35. The number of benzene rings is 1. The van der Waals surface area contributed by atoms with Gasteiger partial charge in [0.1, 0.15) is 0 Å². The molecule has 1 aliphatic rings. The van der Waals surface area contributed by atoms with E-state index in [-0.39, 0.29) is 5.82 Å². The summed E-state index contributed by atoms with van der Waals surface area (Å²) in [4.78, 5) is 12.8. The minimum Gasteiger partial charge on any atom is -0.390 e. The third-order valence-corrected chi connectivity index (χ3v) is 5.52. The van der Waals surface area contributed by atoms with Gasteiger partial charge in [0.05, 0.1) is 30.0 Å². The summed E-state index contributed by atoms with van der Waals surface area (Å²) in [5.41, 5.74) is 4.46. The van der Waals surface area contributed by atoms with Gasteiger partial charge in [0.25, 0.3) is 0 Å². The van der Waals surface area contributed by atoms with Crippen LogP contribution in [-0.4, -0.2) is 63.4 Å². The maximum absolute atomic E-state index is 13.9. The highest BCUT2D eigenvalue weighted by Crippen LogP contribution is 2.20. The predicted octanol–water partition coefficient (Wildman–Crippen LogP) is 2.37.